The normalized spacial score (nSPS) is 25.7. The standard InChI is InChI=1S/C18H20N4O2/c1-11-8-14(11)18(24)22-7-4-13(10-22)17-20-15(9-16(23)21-17)12-2-5-19-6-3-12/h2-3,5-6,9,11,13-14H,4,7-8,10H2,1H3,(H,20,21,23)/t11-,13+,14+/m1/s1. The van der Waals surface area contributed by atoms with Crippen LogP contribution in [0, 0.1) is 11.8 Å². The number of amides is 1. The molecule has 3 heterocycles. The molecule has 6 heteroatoms. The topological polar surface area (TPSA) is 79.0 Å². The van der Waals surface area contributed by atoms with Crippen molar-refractivity contribution in [1.82, 2.24) is 19.9 Å². The zero-order chi connectivity index (χ0) is 16.7. The lowest BCUT2D eigenvalue weighted by molar-refractivity contribution is -0.131. The lowest BCUT2D eigenvalue weighted by Crippen LogP contribution is -2.30. The lowest BCUT2D eigenvalue weighted by atomic mass is 10.1. The zero-order valence-corrected chi connectivity index (χ0v) is 13.6. The summed E-state index contributed by atoms with van der Waals surface area (Å²) < 4.78 is 0. The molecule has 1 saturated carbocycles. The first kappa shape index (κ1) is 15.1. The second-order valence-electron chi connectivity index (χ2n) is 6.84. The van der Waals surface area contributed by atoms with Crippen LogP contribution in [0.1, 0.15) is 31.5 Å². The first-order chi connectivity index (χ1) is 11.6. The van der Waals surface area contributed by atoms with Gasteiger partial charge in [0.2, 0.25) is 5.91 Å². The van der Waals surface area contributed by atoms with E-state index in [9.17, 15) is 9.59 Å². The Labute approximate surface area is 140 Å². The molecule has 2 aliphatic rings. The highest BCUT2D eigenvalue weighted by Crippen LogP contribution is 2.40. The van der Waals surface area contributed by atoms with Crippen molar-refractivity contribution in [3.63, 3.8) is 0 Å². The van der Waals surface area contributed by atoms with Crippen molar-refractivity contribution in [3.8, 4) is 11.3 Å². The van der Waals surface area contributed by atoms with Gasteiger partial charge in [0, 0.05) is 48.9 Å². The number of carbonyl (C=O) groups excluding carboxylic acids is 1. The summed E-state index contributed by atoms with van der Waals surface area (Å²) in [5.41, 5.74) is 1.36. The minimum Gasteiger partial charge on any atom is -0.342 e. The summed E-state index contributed by atoms with van der Waals surface area (Å²) in [5.74, 6) is 1.76. The zero-order valence-electron chi connectivity index (χ0n) is 13.6. The fraction of sp³-hybridized carbons (Fsp3) is 0.444. The molecule has 1 aliphatic carbocycles. The van der Waals surface area contributed by atoms with Crippen LogP contribution in [0.5, 0.6) is 0 Å². The molecule has 0 bridgehead atoms. The number of nitrogens with one attached hydrogen (secondary N) is 1. The quantitative estimate of drug-likeness (QED) is 0.934. The van der Waals surface area contributed by atoms with E-state index in [2.05, 4.69) is 21.9 Å². The van der Waals surface area contributed by atoms with Crippen LogP contribution >= 0.6 is 0 Å². The summed E-state index contributed by atoms with van der Waals surface area (Å²) in [6.45, 7) is 3.51. The van der Waals surface area contributed by atoms with Gasteiger partial charge in [-0.2, -0.15) is 0 Å². The Morgan fingerprint density at radius 2 is 2.08 bits per heavy atom. The van der Waals surface area contributed by atoms with Crippen molar-refractivity contribution < 1.29 is 4.79 Å². The average Bonchev–Trinajstić information content (AvgIpc) is 3.12. The van der Waals surface area contributed by atoms with E-state index < -0.39 is 0 Å². The maximum absolute atomic E-state index is 12.4. The Bertz CT molecular complexity index is 817. The van der Waals surface area contributed by atoms with Gasteiger partial charge in [-0.05, 0) is 30.9 Å². The van der Waals surface area contributed by atoms with Crippen molar-refractivity contribution in [1.29, 1.82) is 0 Å². The predicted molar refractivity (Wildman–Crippen MR) is 89.3 cm³/mol. The summed E-state index contributed by atoms with van der Waals surface area (Å²) in [7, 11) is 0. The number of pyridine rings is 1. The van der Waals surface area contributed by atoms with Gasteiger partial charge in [-0.1, -0.05) is 6.92 Å². The van der Waals surface area contributed by atoms with Crippen LogP contribution in [-0.4, -0.2) is 38.8 Å². The lowest BCUT2D eigenvalue weighted by Gasteiger charge is -2.16. The minimum absolute atomic E-state index is 0.0949. The number of aromatic amines is 1. The van der Waals surface area contributed by atoms with Gasteiger partial charge < -0.3 is 9.88 Å². The maximum Gasteiger partial charge on any atom is 0.251 e. The molecule has 2 fully saturated rings. The van der Waals surface area contributed by atoms with Gasteiger partial charge in [-0.15, -0.1) is 0 Å². The Kier molecular flexibility index (Phi) is 3.67. The molecule has 4 rings (SSSR count). The van der Waals surface area contributed by atoms with Crippen LogP contribution in [0.2, 0.25) is 0 Å². The molecule has 1 saturated heterocycles. The molecule has 2 aromatic heterocycles. The maximum atomic E-state index is 12.4. The number of H-pyrrole nitrogens is 1. The first-order valence-electron chi connectivity index (χ1n) is 8.42. The SMILES string of the molecule is C[C@@H]1C[C@@H]1C(=O)N1CC[C@H](c2nc(-c3ccncc3)cc(=O)[nH]2)C1. The largest absolute Gasteiger partial charge is 0.342 e. The van der Waals surface area contributed by atoms with Crippen LogP contribution in [0.25, 0.3) is 11.3 Å². The molecule has 2 aromatic rings. The van der Waals surface area contributed by atoms with Gasteiger partial charge in [0.25, 0.3) is 5.56 Å². The summed E-state index contributed by atoms with van der Waals surface area (Å²) in [6.07, 6.45) is 5.22. The summed E-state index contributed by atoms with van der Waals surface area (Å²) in [4.78, 5) is 37.8. The Hall–Kier alpha value is -2.50. The van der Waals surface area contributed by atoms with Crippen molar-refractivity contribution >= 4 is 5.91 Å². The molecule has 3 atom stereocenters. The molecule has 0 aromatic carbocycles. The van der Waals surface area contributed by atoms with Crippen LogP contribution < -0.4 is 5.56 Å². The van der Waals surface area contributed by atoms with E-state index in [1.165, 1.54) is 6.07 Å². The van der Waals surface area contributed by atoms with E-state index in [1.807, 2.05) is 17.0 Å². The van der Waals surface area contributed by atoms with Gasteiger partial charge in [0.15, 0.2) is 0 Å². The predicted octanol–water partition coefficient (Wildman–Crippen LogP) is 1.80. The van der Waals surface area contributed by atoms with Crippen molar-refractivity contribution in [2.75, 3.05) is 13.1 Å². The Morgan fingerprint density at radius 3 is 2.79 bits per heavy atom. The third kappa shape index (κ3) is 2.84. The van der Waals surface area contributed by atoms with E-state index in [0.717, 1.165) is 24.9 Å². The molecule has 1 amide bonds. The number of hydrogen-bond donors (Lipinski definition) is 1. The molecular formula is C18H20N4O2. The average molecular weight is 324 g/mol. The van der Waals surface area contributed by atoms with Crippen molar-refractivity contribution in [2.45, 2.75) is 25.7 Å². The van der Waals surface area contributed by atoms with Gasteiger partial charge >= 0.3 is 0 Å². The fourth-order valence-corrected chi connectivity index (χ4v) is 3.42. The highest BCUT2D eigenvalue weighted by atomic mass is 16.2. The molecule has 0 radical (unpaired) electrons. The number of aromatic nitrogens is 3. The molecular weight excluding hydrogens is 304 g/mol. The summed E-state index contributed by atoms with van der Waals surface area (Å²) in [6, 6.07) is 5.18. The smallest absolute Gasteiger partial charge is 0.251 e. The second kappa shape index (κ2) is 5.85. The molecule has 1 aliphatic heterocycles. The number of hydrogen-bond acceptors (Lipinski definition) is 4. The third-order valence-corrected chi connectivity index (χ3v) is 5.05. The number of likely N-dealkylation sites (tertiary alicyclic amines) is 1. The molecule has 0 spiro atoms. The third-order valence-electron chi connectivity index (χ3n) is 5.05. The molecule has 1 N–H and O–H groups in total. The van der Waals surface area contributed by atoms with Gasteiger partial charge in [0.05, 0.1) is 5.69 Å². The molecule has 124 valence electrons. The van der Waals surface area contributed by atoms with E-state index >= 15 is 0 Å². The molecule has 6 nitrogen and oxygen atoms in total. The van der Waals surface area contributed by atoms with Gasteiger partial charge in [-0.3, -0.25) is 14.6 Å². The van der Waals surface area contributed by atoms with Gasteiger partial charge in [0.1, 0.15) is 5.82 Å². The van der Waals surface area contributed by atoms with Crippen LogP contribution in [0.4, 0.5) is 0 Å². The van der Waals surface area contributed by atoms with Gasteiger partial charge in [-0.25, -0.2) is 4.98 Å². The minimum atomic E-state index is -0.160. The Balaban J connectivity index is 1.56. The molecule has 24 heavy (non-hydrogen) atoms. The number of nitrogens with zero attached hydrogens (tertiary/aromatic N) is 3. The highest BCUT2D eigenvalue weighted by molar-refractivity contribution is 5.82. The number of carbonyl (C=O) groups is 1. The highest BCUT2D eigenvalue weighted by Gasteiger charge is 2.43. The second-order valence-corrected chi connectivity index (χ2v) is 6.84. The van der Waals surface area contributed by atoms with Crippen molar-refractivity contribution in [3.05, 3.63) is 46.8 Å². The van der Waals surface area contributed by atoms with E-state index in [0.29, 0.717) is 24.0 Å². The Morgan fingerprint density at radius 1 is 1.33 bits per heavy atom. The summed E-state index contributed by atoms with van der Waals surface area (Å²) in [5, 5.41) is 0. The fourth-order valence-electron chi connectivity index (χ4n) is 3.42. The first-order valence-corrected chi connectivity index (χ1v) is 8.42. The summed E-state index contributed by atoms with van der Waals surface area (Å²) >= 11 is 0. The monoisotopic (exact) mass is 324 g/mol. The molecule has 0 unspecified atom stereocenters. The van der Waals surface area contributed by atoms with Crippen LogP contribution in [-0.2, 0) is 4.79 Å². The van der Waals surface area contributed by atoms with Crippen LogP contribution in [0.15, 0.2) is 35.4 Å². The van der Waals surface area contributed by atoms with Crippen molar-refractivity contribution in [2.24, 2.45) is 11.8 Å². The number of rotatable bonds is 3. The van der Waals surface area contributed by atoms with E-state index in [1.54, 1.807) is 12.4 Å². The van der Waals surface area contributed by atoms with Crippen LogP contribution in [0.3, 0.4) is 0 Å². The van der Waals surface area contributed by atoms with E-state index in [4.69, 9.17) is 0 Å². The van der Waals surface area contributed by atoms with E-state index in [-0.39, 0.29) is 23.3 Å².